The normalized spacial score (nSPS) is 13.4. The summed E-state index contributed by atoms with van der Waals surface area (Å²) in [5, 5.41) is -0.951. The fourth-order valence-corrected chi connectivity index (χ4v) is 1.95. The zero-order valence-corrected chi connectivity index (χ0v) is 10.5. The van der Waals surface area contributed by atoms with Crippen LogP contribution in [0.15, 0.2) is 24.3 Å². The van der Waals surface area contributed by atoms with Crippen LogP contribution >= 0.6 is 22.3 Å². The van der Waals surface area contributed by atoms with Gasteiger partial charge in [-0.05, 0) is 24.1 Å². The van der Waals surface area contributed by atoms with Crippen LogP contribution in [0.3, 0.4) is 0 Å². The smallest absolute Gasteiger partial charge is 0.278 e. The first-order valence-electron chi connectivity index (χ1n) is 4.18. The van der Waals surface area contributed by atoms with Crippen LogP contribution in [0.4, 0.5) is 0 Å². The van der Waals surface area contributed by atoms with Gasteiger partial charge in [0.2, 0.25) is 0 Å². The van der Waals surface area contributed by atoms with E-state index < -0.39 is 20.7 Å². The van der Waals surface area contributed by atoms with E-state index in [0.717, 1.165) is 5.56 Å². The van der Waals surface area contributed by atoms with E-state index in [2.05, 4.69) is 4.18 Å². The Kier molecular flexibility index (Phi) is 4.32. The van der Waals surface area contributed by atoms with Crippen molar-refractivity contribution in [1.29, 1.82) is 0 Å². The van der Waals surface area contributed by atoms with Gasteiger partial charge in [-0.25, -0.2) is 4.18 Å². The van der Waals surface area contributed by atoms with Gasteiger partial charge in [-0.2, -0.15) is 8.42 Å². The Hall–Kier alpha value is -0.620. The van der Waals surface area contributed by atoms with E-state index in [9.17, 15) is 13.2 Å². The monoisotopic (exact) mass is 282 g/mol. The number of hydrogen-bond donors (Lipinski definition) is 0. The van der Waals surface area contributed by atoms with Gasteiger partial charge < -0.3 is 0 Å². The molecule has 0 aromatic heterocycles. The molecule has 0 bridgehead atoms. The first kappa shape index (κ1) is 13.4. The highest BCUT2D eigenvalue weighted by Gasteiger charge is 2.25. The van der Waals surface area contributed by atoms with Crippen LogP contribution in [-0.2, 0) is 18.3 Å². The molecule has 0 aliphatic rings. The Morgan fingerprint density at radius 3 is 2.19 bits per heavy atom. The maximum Gasteiger partial charge on any atom is 0.356 e. The van der Waals surface area contributed by atoms with Gasteiger partial charge in [0.15, 0.2) is 6.10 Å². The molecule has 1 aromatic rings. The van der Waals surface area contributed by atoms with Crippen molar-refractivity contribution in [3.05, 3.63) is 35.4 Å². The highest BCUT2D eigenvalue weighted by atomic mass is 35.7. The fraction of sp³-hybridized carbons (Fsp3) is 0.222. The molecule has 1 atom stereocenters. The first-order valence-corrected chi connectivity index (χ1v) is 6.79. The molecule has 88 valence electrons. The predicted octanol–water partition coefficient (Wildman–Crippen LogP) is 2.30. The Morgan fingerprint density at radius 2 is 1.81 bits per heavy atom. The standard InChI is InChI=1S/C9H8Cl2O4S/c1-6-2-4-7(5-3-6)8(9(10)12)15-16(11,13)14/h2-5,8H,1H3. The second kappa shape index (κ2) is 5.14. The molecule has 1 rings (SSSR count). The van der Waals surface area contributed by atoms with Gasteiger partial charge in [0, 0.05) is 10.7 Å². The molecule has 1 aromatic carbocycles. The van der Waals surface area contributed by atoms with Crippen LogP contribution in [0.1, 0.15) is 17.2 Å². The van der Waals surface area contributed by atoms with Crippen LogP contribution in [0, 0.1) is 6.92 Å². The van der Waals surface area contributed by atoms with Crippen LogP contribution in [0.2, 0.25) is 0 Å². The summed E-state index contributed by atoms with van der Waals surface area (Å²) in [6, 6.07) is 6.49. The largest absolute Gasteiger partial charge is 0.356 e. The van der Waals surface area contributed by atoms with Gasteiger partial charge in [-0.3, -0.25) is 4.79 Å². The van der Waals surface area contributed by atoms with E-state index in [-0.39, 0.29) is 0 Å². The average molecular weight is 283 g/mol. The molecule has 7 heteroatoms. The predicted molar refractivity (Wildman–Crippen MR) is 60.6 cm³/mol. The van der Waals surface area contributed by atoms with Crippen LogP contribution in [0.25, 0.3) is 0 Å². The molecule has 0 aliphatic carbocycles. The summed E-state index contributed by atoms with van der Waals surface area (Å²) in [4.78, 5) is 11.0. The second-order valence-corrected chi connectivity index (χ2v) is 5.57. The molecule has 0 heterocycles. The zero-order valence-electron chi connectivity index (χ0n) is 8.18. The minimum Gasteiger partial charge on any atom is -0.278 e. The average Bonchev–Trinajstić information content (AvgIpc) is 2.14. The number of rotatable bonds is 4. The summed E-state index contributed by atoms with van der Waals surface area (Å²) in [6.07, 6.45) is -1.41. The van der Waals surface area contributed by atoms with Gasteiger partial charge in [-0.1, -0.05) is 29.8 Å². The number of hydrogen-bond acceptors (Lipinski definition) is 4. The Morgan fingerprint density at radius 1 is 1.31 bits per heavy atom. The lowest BCUT2D eigenvalue weighted by atomic mass is 10.1. The van der Waals surface area contributed by atoms with Crippen LogP contribution < -0.4 is 0 Å². The highest BCUT2D eigenvalue weighted by molar-refractivity contribution is 8.10. The minimum absolute atomic E-state index is 0.329. The van der Waals surface area contributed by atoms with Crippen molar-refractivity contribution in [1.82, 2.24) is 0 Å². The lowest BCUT2D eigenvalue weighted by molar-refractivity contribution is -0.117. The molecule has 0 N–H and O–H groups in total. The van der Waals surface area contributed by atoms with E-state index >= 15 is 0 Å². The number of carbonyl (C=O) groups excluding carboxylic acids is 1. The van der Waals surface area contributed by atoms with Crippen molar-refractivity contribution in [3.63, 3.8) is 0 Å². The zero-order chi connectivity index (χ0) is 12.3. The lowest BCUT2D eigenvalue weighted by Gasteiger charge is -2.11. The summed E-state index contributed by atoms with van der Waals surface area (Å²) in [5.41, 5.74) is 1.29. The van der Waals surface area contributed by atoms with E-state index in [1.807, 2.05) is 6.92 Å². The van der Waals surface area contributed by atoms with Crippen molar-refractivity contribution in [2.24, 2.45) is 0 Å². The summed E-state index contributed by atoms with van der Waals surface area (Å²) < 4.78 is 25.8. The molecule has 0 radical (unpaired) electrons. The molecule has 0 saturated heterocycles. The molecule has 0 saturated carbocycles. The van der Waals surface area contributed by atoms with Gasteiger partial charge >= 0.3 is 9.33 Å². The third-order valence-electron chi connectivity index (χ3n) is 1.80. The minimum atomic E-state index is -4.26. The first-order chi connectivity index (χ1) is 7.29. The number of halogens is 2. The molecular weight excluding hydrogens is 275 g/mol. The molecule has 0 aliphatic heterocycles. The van der Waals surface area contributed by atoms with E-state index in [1.54, 1.807) is 24.3 Å². The number of carbonyl (C=O) groups is 1. The van der Waals surface area contributed by atoms with Gasteiger partial charge in [0.05, 0.1) is 0 Å². The third kappa shape index (κ3) is 4.09. The molecule has 0 fully saturated rings. The molecule has 4 nitrogen and oxygen atoms in total. The fourth-order valence-electron chi connectivity index (χ4n) is 1.08. The van der Waals surface area contributed by atoms with Crippen molar-refractivity contribution >= 4 is 36.9 Å². The van der Waals surface area contributed by atoms with Gasteiger partial charge in [-0.15, -0.1) is 0 Å². The SMILES string of the molecule is Cc1ccc(C(OS(=O)(=O)Cl)C(=O)Cl)cc1. The maximum atomic E-state index is 11.0. The highest BCUT2D eigenvalue weighted by Crippen LogP contribution is 2.24. The topological polar surface area (TPSA) is 60.4 Å². The number of aryl methyl sites for hydroxylation is 1. The van der Waals surface area contributed by atoms with Gasteiger partial charge in [0.25, 0.3) is 5.24 Å². The van der Waals surface area contributed by atoms with E-state index in [0.29, 0.717) is 5.56 Å². The molecule has 0 amide bonds. The van der Waals surface area contributed by atoms with Crippen LogP contribution in [-0.4, -0.2) is 13.7 Å². The van der Waals surface area contributed by atoms with E-state index in [4.69, 9.17) is 22.3 Å². The summed E-state index contributed by atoms with van der Waals surface area (Å²) in [5.74, 6) is 0. The number of benzene rings is 1. The van der Waals surface area contributed by atoms with Crippen molar-refractivity contribution in [3.8, 4) is 0 Å². The Bertz CT molecular complexity index is 481. The van der Waals surface area contributed by atoms with Crippen molar-refractivity contribution < 1.29 is 17.4 Å². The third-order valence-corrected chi connectivity index (χ3v) is 2.64. The summed E-state index contributed by atoms with van der Waals surface area (Å²) >= 11 is 5.24. The van der Waals surface area contributed by atoms with E-state index in [1.165, 1.54) is 0 Å². The summed E-state index contributed by atoms with van der Waals surface area (Å²) in [7, 11) is 0.633. The Balaban J connectivity index is 3.03. The molecule has 16 heavy (non-hydrogen) atoms. The molecule has 0 spiro atoms. The molecule has 1 unspecified atom stereocenters. The quantitative estimate of drug-likeness (QED) is 0.795. The van der Waals surface area contributed by atoms with Gasteiger partial charge in [0.1, 0.15) is 0 Å². The Labute approximate surface area is 103 Å². The van der Waals surface area contributed by atoms with Crippen LogP contribution in [0.5, 0.6) is 0 Å². The maximum absolute atomic E-state index is 11.0. The van der Waals surface area contributed by atoms with Crippen molar-refractivity contribution in [2.75, 3.05) is 0 Å². The molecular formula is C9H8Cl2O4S. The second-order valence-electron chi connectivity index (χ2n) is 3.08. The lowest BCUT2D eigenvalue weighted by Crippen LogP contribution is -2.13. The van der Waals surface area contributed by atoms with Crippen molar-refractivity contribution in [2.45, 2.75) is 13.0 Å². The summed E-state index contributed by atoms with van der Waals surface area (Å²) in [6.45, 7) is 1.85.